The van der Waals surface area contributed by atoms with Crippen molar-refractivity contribution < 1.29 is 14.6 Å². The Kier molecular flexibility index (Phi) is 4.80. The average Bonchev–Trinajstić information content (AvgIpc) is 2.24. The predicted octanol–water partition coefficient (Wildman–Crippen LogP) is 3.16. The molecule has 2 N–H and O–H groups in total. The zero-order chi connectivity index (χ0) is 15.4. The first-order valence-corrected chi connectivity index (χ1v) is 6.41. The molecule has 0 heterocycles. The Hall–Kier alpha value is -1.99. The summed E-state index contributed by atoms with van der Waals surface area (Å²) in [5, 5.41) is 12.2. The van der Waals surface area contributed by atoms with Crippen LogP contribution in [-0.2, 0) is 4.74 Å². The highest BCUT2D eigenvalue weighted by molar-refractivity contribution is 5.84. The minimum atomic E-state index is -1.02. The summed E-state index contributed by atoms with van der Waals surface area (Å²) in [5.41, 5.74) is -0.148. The highest BCUT2D eigenvalue weighted by atomic mass is 16.6. The van der Waals surface area contributed by atoms with Crippen LogP contribution in [0.3, 0.4) is 0 Å². The molecule has 0 aromatic heterocycles. The van der Waals surface area contributed by atoms with Gasteiger partial charge in [0.05, 0.1) is 0 Å². The third kappa shape index (κ3) is 6.81. The van der Waals surface area contributed by atoms with Gasteiger partial charge in [-0.2, -0.15) is 0 Å². The average molecular weight is 275 g/mol. The number of amides is 1. The SMILES string of the molecule is CC(C)(O)C#Cc1ccc(NC(=O)OC(C)(C)C)cc1. The molecule has 1 aromatic rings. The molecule has 0 fully saturated rings. The summed E-state index contributed by atoms with van der Waals surface area (Å²) < 4.78 is 5.15. The Morgan fingerprint density at radius 2 is 1.70 bits per heavy atom. The first kappa shape index (κ1) is 16.1. The Morgan fingerprint density at radius 1 is 1.15 bits per heavy atom. The van der Waals surface area contributed by atoms with Crippen LogP contribution in [0.25, 0.3) is 0 Å². The lowest BCUT2D eigenvalue weighted by molar-refractivity contribution is 0.0636. The summed E-state index contributed by atoms with van der Waals surface area (Å²) in [6.07, 6.45) is -0.493. The second-order valence-electron chi connectivity index (χ2n) is 6.01. The smallest absolute Gasteiger partial charge is 0.412 e. The van der Waals surface area contributed by atoms with Crippen molar-refractivity contribution in [2.75, 3.05) is 5.32 Å². The van der Waals surface area contributed by atoms with Crippen molar-refractivity contribution in [3.05, 3.63) is 29.8 Å². The molecule has 20 heavy (non-hydrogen) atoms. The monoisotopic (exact) mass is 275 g/mol. The van der Waals surface area contributed by atoms with Crippen molar-refractivity contribution in [1.82, 2.24) is 0 Å². The van der Waals surface area contributed by atoms with E-state index in [1.54, 1.807) is 38.1 Å². The summed E-state index contributed by atoms with van der Waals surface area (Å²) in [4.78, 5) is 11.6. The first-order chi connectivity index (χ1) is 9.05. The topological polar surface area (TPSA) is 58.6 Å². The molecule has 0 aliphatic rings. The van der Waals surface area contributed by atoms with Crippen LogP contribution in [0.15, 0.2) is 24.3 Å². The zero-order valence-corrected chi connectivity index (χ0v) is 12.6. The number of rotatable bonds is 1. The molecule has 0 spiro atoms. The molecular formula is C16H21NO3. The summed E-state index contributed by atoms with van der Waals surface area (Å²) in [6, 6.07) is 7.01. The molecule has 0 saturated carbocycles. The first-order valence-electron chi connectivity index (χ1n) is 6.41. The fraction of sp³-hybridized carbons (Fsp3) is 0.438. The van der Waals surface area contributed by atoms with Gasteiger partial charge in [-0.05, 0) is 58.9 Å². The van der Waals surface area contributed by atoms with Crippen LogP contribution in [-0.4, -0.2) is 22.4 Å². The van der Waals surface area contributed by atoms with Crippen LogP contribution in [0.4, 0.5) is 10.5 Å². The molecule has 0 aliphatic carbocycles. The van der Waals surface area contributed by atoms with Gasteiger partial charge in [-0.25, -0.2) is 4.79 Å². The number of anilines is 1. The van der Waals surface area contributed by atoms with E-state index in [1.165, 1.54) is 0 Å². The van der Waals surface area contributed by atoms with Gasteiger partial charge in [-0.15, -0.1) is 0 Å². The van der Waals surface area contributed by atoms with E-state index in [1.807, 2.05) is 20.8 Å². The van der Waals surface area contributed by atoms with E-state index >= 15 is 0 Å². The molecule has 0 bridgehead atoms. The number of nitrogens with one attached hydrogen (secondary N) is 1. The van der Waals surface area contributed by atoms with Crippen LogP contribution in [0.5, 0.6) is 0 Å². The number of carbonyl (C=O) groups excluding carboxylic acids is 1. The maximum absolute atomic E-state index is 11.6. The zero-order valence-electron chi connectivity index (χ0n) is 12.6. The second-order valence-corrected chi connectivity index (χ2v) is 6.01. The molecule has 4 heteroatoms. The minimum absolute atomic E-state index is 0.493. The fourth-order valence-corrected chi connectivity index (χ4v) is 1.28. The Labute approximate surface area is 120 Å². The molecule has 4 nitrogen and oxygen atoms in total. The fourth-order valence-electron chi connectivity index (χ4n) is 1.28. The number of benzene rings is 1. The van der Waals surface area contributed by atoms with Gasteiger partial charge in [-0.1, -0.05) is 11.8 Å². The predicted molar refractivity (Wildman–Crippen MR) is 79.5 cm³/mol. The number of aliphatic hydroxyl groups is 1. The van der Waals surface area contributed by atoms with E-state index in [9.17, 15) is 9.90 Å². The van der Waals surface area contributed by atoms with E-state index in [2.05, 4.69) is 17.2 Å². The Balaban J connectivity index is 2.67. The minimum Gasteiger partial charge on any atom is -0.444 e. The van der Waals surface area contributed by atoms with Crippen molar-refractivity contribution in [1.29, 1.82) is 0 Å². The molecular weight excluding hydrogens is 254 g/mol. The molecule has 0 unspecified atom stereocenters. The summed E-state index contributed by atoms with van der Waals surface area (Å²) >= 11 is 0. The highest BCUT2D eigenvalue weighted by Crippen LogP contribution is 2.12. The van der Waals surface area contributed by atoms with Gasteiger partial charge < -0.3 is 9.84 Å². The van der Waals surface area contributed by atoms with Crippen molar-refractivity contribution in [2.45, 2.75) is 45.8 Å². The standard InChI is InChI=1S/C16H21NO3/c1-15(2,3)20-14(18)17-13-8-6-12(7-9-13)10-11-16(4,5)19/h6-9,19H,1-5H3,(H,17,18). The lowest BCUT2D eigenvalue weighted by Crippen LogP contribution is -2.27. The van der Waals surface area contributed by atoms with Crippen LogP contribution in [0.2, 0.25) is 0 Å². The van der Waals surface area contributed by atoms with Gasteiger partial charge >= 0.3 is 6.09 Å². The van der Waals surface area contributed by atoms with Crippen molar-refractivity contribution in [2.24, 2.45) is 0 Å². The van der Waals surface area contributed by atoms with Crippen LogP contribution in [0.1, 0.15) is 40.2 Å². The summed E-state index contributed by atoms with van der Waals surface area (Å²) in [6.45, 7) is 8.67. The normalized spacial score (nSPS) is 11.3. The Morgan fingerprint density at radius 3 is 2.15 bits per heavy atom. The van der Waals surface area contributed by atoms with Gasteiger partial charge in [0.15, 0.2) is 0 Å². The van der Waals surface area contributed by atoms with Crippen molar-refractivity contribution >= 4 is 11.8 Å². The molecule has 0 atom stereocenters. The van der Waals surface area contributed by atoms with Gasteiger partial charge in [0.1, 0.15) is 11.2 Å². The van der Waals surface area contributed by atoms with Gasteiger partial charge in [0, 0.05) is 11.3 Å². The van der Waals surface area contributed by atoms with E-state index in [-0.39, 0.29) is 0 Å². The van der Waals surface area contributed by atoms with Gasteiger partial charge in [-0.3, -0.25) is 5.32 Å². The maximum Gasteiger partial charge on any atom is 0.412 e. The second kappa shape index (κ2) is 5.98. The largest absolute Gasteiger partial charge is 0.444 e. The number of hydrogen-bond donors (Lipinski definition) is 2. The number of hydrogen-bond acceptors (Lipinski definition) is 3. The third-order valence-electron chi connectivity index (χ3n) is 2.04. The number of carbonyl (C=O) groups is 1. The molecule has 0 saturated heterocycles. The molecule has 0 radical (unpaired) electrons. The van der Waals surface area contributed by atoms with Crippen LogP contribution < -0.4 is 5.32 Å². The van der Waals surface area contributed by atoms with Gasteiger partial charge in [0.25, 0.3) is 0 Å². The molecule has 1 amide bonds. The Bertz CT molecular complexity index is 522. The van der Waals surface area contributed by atoms with E-state index < -0.39 is 17.3 Å². The highest BCUT2D eigenvalue weighted by Gasteiger charge is 2.15. The summed E-state index contributed by atoms with van der Waals surface area (Å²) in [5.74, 6) is 5.58. The van der Waals surface area contributed by atoms with Crippen molar-refractivity contribution in [3.8, 4) is 11.8 Å². The van der Waals surface area contributed by atoms with Crippen molar-refractivity contribution in [3.63, 3.8) is 0 Å². The summed E-state index contributed by atoms with van der Waals surface area (Å²) in [7, 11) is 0. The van der Waals surface area contributed by atoms with Crippen LogP contribution in [0, 0.1) is 11.8 Å². The number of ether oxygens (including phenoxy) is 1. The van der Waals surface area contributed by atoms with Crippen LogP contribution >= 0.6 is 0 Å². The molecule has 108 valence electrons. The third-order valence-corrected chi connectivity index (χ3v) is 2.04. The molecule has 0 aliphatic heterocycles. The maximum atomic E-state index is 11.6. The molecule has 1 aromatic carbocycles. The van der Waals surface area contributed by atoms with E-state index in [4.69, 9.17) is 4.74 Å². The lowest BCUT2D eigenvalue weighted by Gasteiger charge is -2.19. The van der Waals surface area contributed by atoms with E-state index in [0.717, 1.165) is 5.56 Å². The van der Waals surface area contributed by atoms with E-state index in [0.29, 0.717) is 5.69 Å². The lowest BCUT2D eigenvalue weighted by atomic mass is 10.1. The molecule has 1 rings (SSSR count). The van der Waals surface area contributed by atoms with Gasteiger partial charge in [0.2, 0.25) is 0 Å². The quantitative estimate of drug-likeness (QED) is 0.774.